The van der Waals surface area contributed by atoms with Gasteiger partial charge < -0.3 is 0 Å². The summed E-state index contributed by atoms with van der Waals surface area (Å²) in [4.78, 5) is 34.1. The van der Waals surface area contributed by atoms with Crippen LogP contribution in [0.25, 0.3) is 100 Å². The van der Waals surface area contributed by atoms with Gasteiger partial charge in [-0.2, -0.15) is 0 Å². The van der Waals surface area contributed by atoms with Crippen molar-refractivity contribution in [2.45, 2.75) is 182 Å². The summed E-state index contributed by atoms with van der Waals surface area (Å²) in [6.45, 7) is 36.0. The molecule has 0 saturated carbocycles. The Morgan fingerprint density at radius 3 is 0.600 bits per heavy atom. The van der Waals surface area contributed by atoms with E-state index in [-0.39, 0.29) is 0 Å². The van der Waals surface area contributed by atoms with E-state index >= 15 is 0 Å². The Hall–Kier alpha value is -14.6. The first-order valence-electron chi connectivity index (χ1n) is 49.3. The quantitative estimate of drug-likeness (QED) is 0.148. The Labute approximate surface area is 807 Å². The van der Waals surface area contributed by atoms with E-state index in [2.05, 4.69) is 331 Å². The number of aromatic nitrogens is 8. The van der Waals surface area contributed by atoms with Gasteiger partial charge in [-0.15, -0.1) is 0 Å². The van der Waals surface area contributed by atoms with Gasteiger partial charge in [-0.05, 0) is 212 Å². The molecule has 0 aliphatic heterocycles. The predicted molar refractivity (Wildman–Crippen MR) is 577 cm³/mol. The minimum Gasteiger partial charge on any atom is -0.264 e. The van der Waals surface area contributed by atoms with Gasteiger partial charge in [-0.3, -0.25) is 39.9 Å². The third kappa shape index (κ3) is 25.2. The normalized spacial score (nSPS) is 11.1. The average Bonchev–Trinajstić information content (AvgIpc) is 1.72. The van der Waals surface area contributed by atoms with Gasteiger partial charge in [0.2, 0.25) is 0 Å². The highest BCUT2D eigenvalue weighted by atomic mass is 14.7. The van der Waals surface area contributed by atoms with Crippen molar-refractivity contribution in [3.05, 3.63) is 490 Å². The van der Waals surface area contributed by atoms with Gasteiger partial charge in [0, 0.05) is 146 Å². The Morgan fingerprint density at radius 2 is 0.304 bits per heavy atom. The second-order valence-electron chi connectivity index (χ2n) is 30.3. The van der Waals surface area contributed by atoms with E-state index in [9.17, 15) is 0 Å². The van der Waals surface area contributed by atoms with Gasteiger partial charge in [-0.25, -0.2) is 0 Å². The van der Waals surface area contributed by atoms with Crippen molar-refractivity contribution in [2.75, 3.05) is 0 Å². The molecule has 135 heavy (non-hydrogen) atoms. The zero-order valence-corrected chi connectivity index (χ0v) is 82.9. The van der Waals surface area contributed by atoms with Crippen LogP contribution in [0.5, 0.6) is 0 Å². The third-order valence-corrected chi connectivity index (χ3v) is 23.3. The molecular weight excluding hydrogens is 1640 g/mol. The highest BCUT2D eigenvalue weighted by molar-refractivity contribution is 5.82. The van der Waals surface area contributed by atoms with Crippen LogP contribution in [0.3, 0.4) is 0 Å². The van der Waals surface area contributed by atoms with Crippen molar-refractivity contribution >= 4 is 0 Å². The largest absolute Gasteiger partial charge is 0.264 e. The van der Waals surface area contributed by atoms with Crippen LogP contribution in [0, 0.1) is 0 Å². The van der Waals surface area contributed by atoms with Gasteiger partial charge in [0.25, 0.3) is 0 Å². The molecule has 8 nitrogen and oxygen atoms in total. The van der Waals surface area contributed by atoms with Crippen LogP contribution in [0.15, 0.2) is 390 Å². The summed E-state index contributed by atoms with van der Waals surface area (Å²) in [6.07, 6.45) is 32.1. The number of nitrogens with zero attached hydrogens (tertiary/aromatic N) is 8. The summed E-state index contributed by atoms with van der Waals surface area (Å²) in [7, 11) is 0. The summed E-state index contributed by atoms with van der Waals surface area (Å²) in [5.74, 6) is 0. The molecule has 18 aromatic rings. The highest BCUT2D eigenvalue weighted by Crippen LogP contribution is 2.43. The fourth-order valence-electron chi connectivity index (χ4n) is 17.7. The average molecular weight is 1770 g/mol. The molecule has 0 unspecified atom stereocenters. The molecule has 0 bridgehead atoms. The molecule has 9 aliphatic carbocycles. The molecule has 0 N–H and O–H groups in total. The maximum atomic E-state index is 4.40. The molecule has 0 spiro atoms. The lowest BCUT2D eigenvalue weighted by Crippen LogP contribution is -1.83. The monoisotopic (exact) mass is 1770 g/mol. The minimum atomic E-state index is 0.992. The van der Waals surface area contributed by atoms with Gasteiger partial charge in [0.1, 0.15) is 0 Å². The number of pyridine rings is 8. The van der Waals surface area contributed by atoms with Crippen molar-refractivity contribution in [1.29, 1.82) is 0 Å². The van der Waals surface area contributed by atoms with E-state index in [1.165, 1.54) is 189 Å². The molecule has 0 amide bonds. The van der Waals surface area contributed by atoms with Gasteiger partial charge >= 0.3 is 0 Å². The fraction of sp³-hybridized carbons (Fsp3) is 0.213. The molecule has 0 saturated heterocycles. The maximum absolute atomic E-state index is 4.40. The standard InChI is InChI=1S/C13H10.8C12H9N.9C2H6/c1-3-7-12-10(5-1)9-11-6-2-4-8-13(11)12;2*1-2-6-11-9(4-1)8-10-5-3-7-13-12(10)11;2*1-2-5-10-9(4-1)8-12-11(10)6-3-7-13-12;2*1-2-4-11-9(3-1)7-10-8-13-6-5-12(10)11;2*1-2-4-11-9(3-1)7-10-5-6-13-8-12(10)11;9*1-2/h1-8H,9H2;4*1-7H,8H2;4*1-6,8H,7H2;9*1-2H3. The third-order valence-electron chi connectivity index (χ3n) is 23.3. The summed E-state index contributed by atoms with van der Waals surface area (Å²) < 4.78 is 0. The van der Waals surface area contributed by atoms with E-state index in [1.807, 2.05) is 223 Å². The van der Waals surface area contributed by atoms with Crippen molar-refractivity contribution in [2.24, 2.45) is 0 Å². The summed E-state index contributed by atoms with van der Waals surface area (Å²) in [5.41, 5.74) is 48.7. The Bertz CT molecular complexity index is 5020. The molecule has 684 valence electrons. The molecule has 8 heteroatoms. The van der Waals surface area contributed by atoms with Crippen molar-refractivity contribution < 1.29 is 0 Å². The smallest absolute Gasteiger partial charge is 0.0740 e. The highest BCUT2D eigenvalue weighted by Gasteiger charge is 2.25. The molecule has 0 radical (unpaired) electrons. The number of hydrogen-bond acceptors (Lipinski definition) is 8. The first-order valence-corrected chi connectivity index (χ1v) is 49.3. The lowest BCUT2D eigenvalue weighted by Gasteiger charge is -1.98. The minimum absolute atomic E-state index is 0.992. The molecular formula is C127H136N8. The maximum Gasteiger partial charge on any atom is 0.0740 e. The lowest BCUT2D eigenvalue weighted by molar-refractivity contribution is 1.12. The number of hydrogen-bond donors (Lipinski definition) is 0. The molecule has 10 aromatic carbocycles. The fourth-order valence-corrected chi connectivity index (χ4v) is 17.7. The van der Waals surface area contributed by atoms with Crippen LogP contribution in [0.2, 0.25) is 0 Å². The summed E-state index contributed by atoms with van der Waals surface area (Å²) >= 11 is 0. The Morgan fingerprint density at radius 1 is 0.126 bits per heavy atom. The van der Waals surface area contributed by atoms with Gasteiger partial charge in [0.15, 0.2) is 0 Å². The van der Waals surface area contributed by atoms with Crippen molar-refractivity contribution in [3.8, 4) is 100 Å². The molecule has 27 rings (SSSR count). The zero-order valence-electron chi connectivity index (χ0n) is 82.9. The van der Waals surface area contributed by atoms with E-state index in [0.717, 1.165) is 69.2 Å². The van der Waals surface area contributed by atoms with Crippen LogP contribution in [0.1, 0.15) is 225 Å². The number of rotatable bonds is 0. The van der Waals surface area contributed by atoms with E-state index in [1.54, 1.807) is 0 Å². The lowest BCUT2D eigenvalue weighted by atomic mass is 10.1. The number of benzene rings is 10. The van der Waals surface area contributed by atoms with E-state index in [4.69, 9.17) is 0 Å². The zero-order chi connectivity index (χ0) is 96.1. The summed E-state index contributed by atoms with van der Waals surface area (Å²) in [5, 5.41) is 0. The van der Waals surface area contributed by atoms with E-state index in [0.29, 0.717) is 0 Å². The number of fused-ring (bicyclic) bond motifs is 27. The van der Waals surface area contributed by atoms with Gasteiger partial charge in [-0.1, -0.05) is 392 Å². The molecule has 0 atom stereocenters. The van der Waals surface area contributed by atoms with Crippen LogP contribution in [-0.4, -0.2) is 39.9 Å². The first-order chi connectivity index (χ1) is 67.0. The van der Waals surface area contributed by atoms with Crippen LogP contribution in [0.4, 0.5) is 0 Å². The molecule has 8 aromatic heterocycles. The van der Waals surface area contributed by atoms with Crippen molar-refractivity contribution in [3.63, 3.8) is 0 Å². The molecule has 9 aliphatic rings. The van der Waals surface area contributed by atoms with Gasteiger partial charge in [0.05, 0.1) is 22.8 Å². The van der Waals surface area contributed by atoms with Crippen LogP contribution in [-0.2, 0) is 57.8 Å². The predicted octanol–water partition coefficient (Wildman–Crippen LogP) is 33.7. The van der Waals surface area contributed by atoms with Crippen molar-refractivity contribution in [1.82, 2.24) is 39.9 Å². The van der Waals surface area contributed by atoms with Crippen LogP contribution < -0.4 is 0 Å². The second-order valence-corrected chi connectivity index (χ2v) is 30.3. The SMILES string of the molecule is CC.CC.CC.CC.CC.CC.CC.CC.CC.c1ccc2c(c1)Cc1ccccc1-2.c1ccc2c(c1)Cc1cccnc1-2.c1ccc2c(c1)Cc1cccnc1-2.c1ccc2c(c1)Cc1ccncc1-2.c1ccc2c(c1)Cc1ccncc1-2.c1ccc2c(c1)Cc1cnccc1-2.c1ccc2c(c1)Cc1cnccc1-2.c1ccc2c(c1)Cc1ncccc1-2.c1ccc2c(c1)Cc1ncccc1-2. The molecule has 0 fully saturated rings. The van der Waals surface area contributed by atoms with E-state index < -0.39 is 0 Å². The van der Waals surface area contributed by atoms with Crippen LogP contribution >= 0.6 is 0 Å². The first kappa shape index (κ1) is 103. The Balaban J connectivity index is 0.000000154. The topological polar surface area (TPSA) is 103 Å². The second kappa shape index (κ2) is 55.0. The molecule has 8 heterocycles. The summed E-state index contributed by atoms with van der Waals surface area (Å²) in [6, 6.07) is 111. The Kier molecular flexibility index (Phi) is 41.8.